The Hall–Kier alpha value is -1.07. The van der Waals surface area contributed by atoms with Gasteiger partial charge in [-0.3, -0.25) is 0 Å². The van der Waals surface area contributed by atoms with Gasteiger partial charge in [-0.05, 0) is 31.4 Å². The lowest BCUT2D eigenvalue weighted by molar-refractivity contribution is -0.175. The van der Waals surface area contributed by atoms with E-state index in [4.69, 9.17) is 4.74 Å². The zero-order valence-electron chi connectivity index (χ0n) is 11.7. The van der Waals surface area contributed by atoms with Gasteiger partial charge in [-0.1, -0.05) is 37.3 Å². The molecule has 1 aromatic carbocycles. The molecule has 0 aliphatic rings. The molecule has 1 N–H and O–H groups in total. The van der Waals surface area contributed by atoms with Crippen molar-refractivity contribution in [3.63, 3.8) is 0 Å². The Morgan fingerprint density at radius 1 is 1.20 bits per heavy atom. The fourth-order valence-corrected chi connectivity index (χ4v) is 2.05. The number of rotatable bonds is 9. The molecule has 0 aliphatic carbocycles. The van der Waals surface area contributed by atoms with Gasteiger partial charge >= 0.3 is 6.18 Å². The quantitative estimate of drug-likeness (QED) is 0.750. The number of benzene rings is 1. The molecule has 0 spiro atoms. The van der Waals surface area contributed by atoms with Crippen molar-refractivity contribution < 1.29 is 17.9 Å². The van der Waals surface area contributed by atoms with Gasteiger partial charge in [-0.15, -0.1) is 0 Å². The number of hydrogen-bond donors (Lipinski definition) is 1. The molecule has 114 valence electrons. The summed E-state index contributed by atoms with van der Waals surface area (Å²) in [5, 5.41) is 3.16. The Morgan fingerprint density at radius 2 is 1.90 bits per heavy atom. The van der Waals surface area contributed by atoms with Crippen LogP contribution >= 0.6 is 0 Å². The Balaban J connectivity index is 2.24. The van der Waals surface area contributed by atoms with E-state index in [1.807, 2.05) is 25.1 Å². The Kier molecular flexibility index (Phi) is 7.62. The van der Waals surface area contributed by atoms with Gasteiger partial charge in [-0.2, -0.15) is 13.2 Å². The smallest absolute Gasteiger partial charge is 0.370 e. The van der Waals surface area contributed by atoms with Crippen molar-refractivity contribution in [1.29, 1.82) is 0 Å². The highest BCUT2D eigenvalue weighted by molar-refractivity contribution is 5.14. The van der Waals surface area contributed by atoms with Gasteiger partial charge in [-0.25, -0.2) is 0 Å². The predicted octanol–water partition coefficient (Wildman–Crippen LogP) is 3.57. The van der Waals surface area contributed by atoms with Crippen LogP contribution in [-0.4, -0.2) is 32.0 Å². The van der Waals surface area contributed by atoms with Crippen LogP contribution < -0.4 is 5.32 Å². The van der Waals surface area contributed by atoms with Crippen LogP contribution in [0.3, 0.4) is 0 Å². The maximum Gasteiger partial charge on any atom is 0.411 e. The first-order valence-corrected chi connectivity index (χ1v) is 6.93. The van der Waals surface area contributed by atoms with E-state index >= 15 is 0 Å². The molecule has 1 rings (SSSR count). The average Bonchev–Trinajstić information content (AvgIpc) is 2.38. The molecule has 0 fully saturated rings. The largest absolute Gasteiger partial charge is 0.411 e. The lowest BCUT2D eigenvalue weighted by Gasteiger charge is -2.18. The van der Waals surface area contributed by atoms with Crippen LogP contribution in [0.4, 0.5) is 13.2 Å². The molecule has 5 heteroatoms. The summed E-state index contributed by atoms with van der Waals surface area (Å²) in [5.41, 5.74) is 1.25. The predicted molar refractivity (Wildman–Crippen MR) is 73.7 cm³/mol. The monoisotopic (exact) mass is 289 g/mol. The Labute approximate surface area is 118 Å². The molecule has 0 heterocycles. The SMILES string of the molecule is CCNC(CCCc1ccccc1)COCC(F)(F)F. The van der Waals surface area contributed by atoms with Crippen molar-refractivity contribution in [2.75, 3.05) is 19.8 Å². The molecule has 1 unspecified atom stereocenters. The van der Waals surface area contributed by atoms with Crippen molar-refractivity contribution in [2.24, 2.45) is 0 Å². The maximum absolute atomic E-state index is 12.0. The summed E-state index contributed by atoms with van der Waals surface area (Å²) < 4.78 is 40.8. The van der Waals surface area contributed by atoms with Crippen molar-refractivity contribution >= 4 is 0 Å². The topological polar surface area (TPSA) is 21.3 Å². The number of nitrogens with one attached hydrogen (secondary N) is 1. The van der Waals surface area contributed by atoms with Crippen LogP contribution in [-0.2, 0) is 11.2 Å². The third-order valence-corrected chi connectivity index (χ3v) is 2.94. The zero-order chi connectivity index (χ0) is 14.8. The summed E-state index contributed by atoms with van der Waals surface area (Å²) in [5.74, 6) is 0. The van der Waals surface area contributed by atoms with Gasteiger partial charge in [0.2, 0.25) is 0 Å². The molecule has 0 saturated heterocycles. The summed E-state index contributed by atoms with van der Waals surface area (Å²) in [6.45, 7) is 1.59. The molecule has 20 heavy (non-hydrogen) atoms. The highest BCUT2D eigenvalue weighted by Gasteiger charge is 2.27. The second-order valence-corrected chi connectivity index (χ2v) is 4.76. The molecule has 1 atom stereocenters. The van der Waals surface area contributed by atoms with Gasteiger partial charge in [0.05, 0.1) is 6.61 Å². The molecule has 0 aliphatic heterocycles. The van der Waals surface area contributed by atoms with E-state index < -0.39 is 12.8 Å². The van der Waals surface area contributed by atoms with Crippen LogP contribution in [0.15, 0.2) is 30.3 Å². The molecule has 0 amide bonds. The molecule has 0 saturated carbocycles. The fourth-order valence-electron chi connectivity index (χ4n) is 2.05. The standard InChI is InChI=1S/C15H22F3NO/c1-2-19-14(11-20-12-15(16,17)18)10-6-9-13-7-4-3-5-8-13/h3-5,7-8,14,19H,2,6,9-12H2,1H3. The van der Waals surface area contributed by atoms with Crippen LogP contribution in [0.25, 0.3) is 0 Å². The van der Waals surface area contributed by atoms with Crippen molar-refractivity contribution in [3.05, 3.63) is 35.9 Å². The molecule has 2 nitrogen and oxygen atoms in total. The van der Waals surface area contributed by atoms with E-state index in [0.29, 0.717) is 0 Å². The Morgan fingerprint density at radius 3 is 2.50 bits per heavy atom. The van der Waals surface area contributed by atoms with Gasteiger partial charge in [0.25, 0.3) is 0 Å². The first-order valence-electron chi connectivity index (χ1n) is 6.93. The van der Waals surface area contributed by atoms with Crippen molar-refractivity contribution in [2.45, 2.75) is 38.4 Å². The molecule has 0 bridgehead atoms. The minimum absolute atomic E-state index is 0.0222. The lowest BCUT2D eigenvalue weighted by atomic mass is 10.1. The first kappa shape index (κ1) is 17.0. The van der Waals surface area contributed by atoms with E-state index in [0.717, 1.165) is 25.8 Å². The summed E-state index contributed by atoms with van der Waals surface area (Å²) in [6, 6.07) is 10.0. The van der Waals surface area contributed by atoms with Crippen LogP contribution in [0.5, 0.6) is 0 Å². The summed E-state index contributed by atoms with van der Waals surface area (Å²) in [7, 11) is 0. The number of aryl methyl sites for hydroxylation is 1. The second kappa shape index (κ2) is 8.97. The summed E-state index contributed by atoms with van der Waals surface area (Å²) in [6.07, 6.45) is -1.58. The third-order valence-electron chi connectivity index (χ3n) is 2.94. The van der Waals surface area contributed by atoms with E-state index in [1.54, 1.807) is 0 Å². The van der Waals surface area contributed by atoms with Gasteiger partial charge < -0.3 is 10.1 Å². The fraction of sp³-hybridized carbons (Fsp3) is 0.600. The van der Waals surface area contributed by atoms with Gasteiger partial charge in [0.15, 0.2) is 0 Å². The van der Waals surface area contributed by atoms with Gasteiger partial charge in [0.1, 0.15) is 6.61 Å². The maximum atomic E-state index is 12.0. The van der Waals surface area contributed by atoms with Crippen molar-refractivity contribution in [1.82, 2.24) is 5.32 Å². The van der Waals surface area contributed by atoms with E-state index in [9.17, 15) is 13.2 Å². The normalized spacial score (nSPS) is 13.4. The second-order valence-electron chi connectivity index (χ2n) is 4.76. The Bertz CT molecular complexity index is 354. The summed E-state index contributed by atoms with van der Waals surface area (Å²) in [4.78, 5) is 0. The molecule has 0 aromatic heterocycles. The van der Waals surface area contributed by atoms with Crippen LogP contribution in [0.2, 0.25) is 0 Å². The molecule has 0 radical (unpaired) electrons. The zero-order valence-corrected chi connectivity index (χ0v) is 11.7. The third kappa shape index (κ3) is 8.17. The average molecular weight is 289 g/mol. The number of hydrogen-bond acceptors (Lipinski definition) is 2. The van der Waals surface area contributed by atoms with E-state index in [2.05, 4.69) is 17.4 Å². The molecular weight excluding hydrogens is 267 g/mol. The minimum atomic E-state index is -4.25. The van der Waals surface area contributed by atoms with Crippen LogP contribution in [0.1, 0.15) is 25.3 Å². The summed E-state index contributed by atoms with van der Waals surface area (Å²) >= 11 is 0. The minimum Gasteiger partial charge on any atom is -0.370 e. The molecular formula is C15H22F3NO. The van der Waals surface area contributed by atoms with Gasteiger partial charge in [0, 0.05) is 6.04 Å². The van der Waals surface area contributed by atoms with Crippen molar-refractivity contribution in [3.8, 4) is 0 Å². The number of halogens is 3. The lowest BCUT2D eigenvalue weighted by Crippen LogP contribution is -2.34. The van der Waals surface area contributed by atoms with E-state index in [1.165, 1.54) is 5.56 Å². The van der Waals surface area contributed by atoms with Crippen LogP contribution in [0, 0.1) is 0 Å². The molecule has 1 aromatic rings. The van der Waals surface area contributed by atoms with E-state index in [-0.39, 0.29) is 12.6 Å². The number of ether oxygens (including phenoxy) is 1. The highest BCUT2D eigenvalue weighted by Crippen LogP contribution is 2.15. The highest BCUT2D eigenvalue weighted by atomic mass is 19.4. The number of likely N-dealkylation sites (N-methyl/N-ethyl adjacent to an activating group) is 1. The first-order chi connectivity index (χ1) is 9.51. The number of alkyl halides is 3.